The number of rotatable bonds is 4. The SMILES string of the molecule is CCn1c(/C(C#N)=C\c2cccc(OC)c2)nc2ccccc21. The highest BCUT2D eigenvalue weighted by molar-refractivity contribution is 5.91. The highest BCUT2D eigenvalue weighted by Crippen LogP contribution is 2.24. The van der Waals surface area contributed by atoms with Crippen LogP contribution in [-0.2, 0) is 6.54 Å². The Morgan fingerprint density at radius 2 is 2.09 bits per heavy atom. The number of allylic oxidation sites excluding steroid dienone is 1. The number of methoxy groups -OCH3 is 1. The van der Waals surface area contributed by atoms with Crippen molar-refractivity contribution in [3.05, 3.63) is 59.9 Å². The lowest BCUT2D eigenvalue weighted by Crippen LogP contribution is -2.00. The number of aromatic nitrogens is 2. The number of nitriles is 1. The topological polar surface area (TPSA) is 50.8 Å². The Hall–Kier alpha value is -3.06. The molecular formula is C19H17N3O. The van der Waals surface area contributed by atoms with Gasteiger partial charge < -0.3 is 9.30 Å². The molecule has 3 rings (SSSR count). The first-order valence-electron chi connectivity index (χ1n) is 7.48. The van der Waals surface area contributed by atoms with Crippen molar-refractivity contribution in [1.29, 1.82) is 5.26 Å². The monoisotopic (exact) mass is 303 g/mol. The smallest absolute Gasteiger partial charge is 0.151 e. The van der Waals surface area contributed by atoms with Gasteiger partial charge in [-0.15, -0.1) is 0 Å². The summed E-state index contributed by atoms with van der Waals surface area (Å²) >= 11 is 0. The van der Waals surface area contributed by atoms with E-state index in [2.05, 4.69) is 22.5 Å². The Morgan fingerprint density at radius 3 is 2.83 bits per heavy atom. The van der Waals surface area contributed by atoms with Gasteiger partial charge in [0.05, 0.1) is 23.7 Å². The Kier molecular flexibility index (Phi) is 4.11. The summed E-state index contributed by atoms with van der Waals surface area (Å²) in [5.41, 5.74) is 3.39. The zero-order valence-electron chi connectivity index (χ0n) is 13.2. The van der Waals surface area contributed by atoms with E-state index in [0.29, 0.717) is 11.4 Å². The molecule has 0 aliphatic carbocycles. The van der Waals surface area contributed by atoms with Crippen LogP contribution in [0.5, 0.6) is 5.75 Å². The molecular weight excluding hydrogens is 286 g/mol. The molecule has 0 aliphatic rings. The molecule has 2 aromatic carbocycles. The van der Waals surface area contributed by atoms with Crippen molar-refractivity contribution in [2.75, 3.05) is 7.11 Å². The van der Waals surface area contributed by atoms with E-state index in [4.69, 9.17) is 4.74 Å². The Balaban J connectivity index is 2.14. The summed E-state index contributed by atoms with van der Waals surface area (Å²) in [6.07, 6.45) is 1.84. The number of benzene rings is 2. The molecule has 23 heavy (non-hydrogen) atoms. The van der Waals surface area contributed by atoms with Crippen LogP contribution in [-0.4, -0.2) is 16.7 Å². The Labute approximate surface area is 135 Å². The second kappa shape index (κ2) is 6.37. The lowest BCUT2D eigenvalue weighted by atomic mass is 10.1. The van der Waals surface area contributed by atoms with Crippen molar-refractivity contribution in [1.82, 2.24) is 9.55 Å². The van der Waals surface area contributed by atoms with Crippen molar-refractivity contribution in [3.63, 3.8) is 0 Å². The van der Waals surface area contributed by atoms with Gasteiger partial charge in [-0.3, -0.25) is 0 Å². The second-order valence-corrected chi connectivity index (χ2v) is 5.11. The summed E-state index contributed by atoms with van der Waals surface area (Å²) in [4.78, 5) is 4.63. The molecule has 4 nitrogen and oxygen atoms in total. The lowest BCUT2D eigenvalue weighted by Gasteiger charge is -2.05. The largest absolute Gasteiger partial charge is 0.497 e. The van der Waals surface area contributed by atoms with Gasteiger partial charge in [0.1, 0.15) is 11.8 Å². The van der Waals surface area contributed by atoms with Gasteiger partial charge in [-0.25, -0.2) is 4.98 Å². The molecule has 0 spiro atoms. The summed E-state index contributed by atoms with van der Waals surface area (Å²) < 4.78 is 7.30. The van der Waals surface area contributed by atoms with Crippen LogP contribution in [0.2, 0.25) is 0 Å². The highest BCUT2D eigenvalue weighted by Gasteiger charge is 2.13. The van der Waals surface area contributed by atoms with E-state index >= 15 is 0 Å². The molecule has 0 amide bonds. The molecule has 0 N–H and O–H groups in total. The molecule has 0 atom stereocenters. The van der Waals surface area contributed by atoms with Crippen molar-refractivity contribution < 1.29 is 4.74 Å². The van der Waals surface area contributed by atoms with Crippen molar-refractivity contribution >= 4 is 22.7 Å². The highest BCUT2D eigenvalue weighted by atomic mass is 16.5. The van der Waals surface area contributed by atoms with E-state index in [1.165, 1.54) is 0 Å². The summed E-state index contributed by atoms with van der Waals surface area (Å²) in [5.74, 6) is 1.46. The number of aryl methyl sites for hydroxylation is 1. The van der Waals surface area contributed by atoms with Crippen LogP contribution >= 0.6 is 0 Å². The summed E-state index contributed by atoms with van der Waals surface area (Å²) in [6, 6.07) is 17.8. The van der Waals surface area contributed by atoms with Crippen LogP contribution in [0.25, 0.3) is 22.7 Å². The quantitative estimate of drug-likeness (QED) is 0.681. The van der Waals surface area contributed by atoms with Crippen molar-refractivity contribution in [3.8, 4) is 11.8 Å². The van der Waals surface area contributed by atoms with Gasteiger partial charge >= 0.3 is 0 Å². The molecule has 4 heteroatoms. The maximum atomic E-state index is 9.61. The maximum Gasteiger partial charge on any atom is 0.151 e. The minimum Gasteiger partial charge on any atom is -0.497 e. The fourth-order valence-electron chi connectivity index (χ4n) is 2.65. The fourth-order valence-corrected chi connectivity index (χ4v) is 2.65. The number of hydrogen-bond acceptors (Lipinski definition) is 3. The first kappa shape index (κ1) is 14.9. The van der Waals surface area contributed by atoms with Crippen molar-refractivity contribution in [2.24, 2.45) is 0 Å². The number of hydrogen-bond donors (Lipinski definition) is 0. The zero-order valence-corrected chi connectivity index (χ0v) is 13.2. The molecule has 114 valence electrons. The van der Waals surface area contributed by atoms with E-state index < -0.39 is 0 Å². The third-order valence-corrected chi connectivity index (χ3v) is 3.74. The van der Waals surface area contributed by atoms with Crippen LogP contribution in [0.3, 0.4) is 0 Å². The number of ether oxygens (including phenoxy) is 1. The average Bonchev–Trinajstić information content (AvgIpc) is 2.98. The Bertz CT molecular complexity index is 916. The van der Waals surface area contributed by atoms with E-state index in [1.54, 1.807) is 7.11 Å². The summed E-state index contributed by atoms with van der Waals surface area (Å²) in [5, 5.41) is 9.61. The lowest BCUT2D eigenvalue weighted by molar-refractivity contribution is 0.414. The van der Waals surface area contributed by atoms with Crippen molar-refractivity contribution in [2.45, 2.75) is 13.5 Å². The number of para-hydroxylation sites is 2. The van der Waals surface area contributed by atoms with Gasteiger partial charge in [0.15, 0.2) is 5.82 Å². The normalized spacial score (nSPS) is 11.4. The van der Waals surface area contributed by atoms with E-state index in [9.17, 15) is 5.26 Å². The van der Waals surface area contributed by atoms with Crippen LogP contribution in [0, 0.1) is 11.3 Å². The zero-order chi connectivity index (χ0) is 16.2. The molecule has 3 aromatic rings. The average molecular weight is 303 g/mol. The summed E-state index contributed by atoms with van der Waals surface area (Å²) in [6.45, 7) is 2.81. The van der Waals surface area contributed by atoms with Gasteiger partial charge in [0.25, 0.3) is 0 Å². The van der Waals surface area contributed by atoms with Crippen LogP contribution < -0.4 is 4.74 Å². The van der Waals surface area contributed by atoms with Crippen LogP contribution in [0.15, 0.2) is 48.5 Å². The van der Waals surface area contributed by atoms with E-state index in [1.807, 2.05) is 54.6 Å². The van der Waals surface area contributed by atoms with Gasteiger partial charge in [-0.2, -0.15) is 5.26 Å². The molecule has 0 bridgehead atoms. The van der Waals surface area contributed by atoms with Crippen LogP contribution in [0.1, 0.15) is 18.3 Å². The van der Waals surface area contributed by atoms with E-state index in [0.717, 1.165) is 28.9 Å². The minimum absolute atomic E-state index is 0.538. The van der Waals surface area contributed by atoms with Gasteiger partial charge in [0, 0.05) is 6.54 Å². The van der Waals surface area contributed by atoms with E-state index in [-0.39, 0.29) is 0 Å². The third-order valence-electron chi connectivity index (χ3n) is 3.74. The molecule has 0 fully saturated rings. The second-order valence-electron chi connectivity index (χ2n) is 5.11. The van der Waals surface area contributed by atoms with Crippen LogP contribution in [0.4, 0.5) is 0 Å². The number of nitrogens with zero attached hydrogens (tertiary/aromatic N) is 3. The molecule has 0 aliphatic heterocycles. The molecule has 0 saturated carbocycles. The standard InChI is InChI=1S/C19H17N3O/c1-3-22-18-10-5-4-9-17(18)21-19(22)15(13-20)11-14-7-6-8-16(12-14)23-2/h4-12H,3H2,1-2H3/b15-11-. The molecule has 0 saturated heterocycles. The Morgan fingerprint density at radius 1 is 1.26 bits per heavy atom. The summed E-state index contributed by atoms with van der Waals surface area (Å²) in [7, 11) is 1.63. The first-order chi connectivity index (χ1) is 11.3. The molecule has 0 unspecified atom stereocenters. The molecule has 1 aromatic heterocycles. The molecule has 0 radical (unpaired) electrons. The maximum absolute atomic E-state index is 9.61. The number of imidazole rings is 1. The fraction of sp³-hybridized carbons (Fsp3) is 0.158. The predicted octanol–water partition coefficient (Wildman–Crippen LogP) is 4.13. The predicted molar refractivity (Wildman–Crippen MR) is 91.9 cm³/mol. The van der Waals surface area contributed by atoms with Gasteiger partial charge in [0.2, 0.25) is 0 Å². The minimum atomic E-state index is 0.538. The van der Waals surface area contributed by atoms with Gasteiger partial charge in [-0.05, 0) is 42.8 Å². The third kappa shape index (κ3) is 2.82. The molecule has 1 heterocycles. The first-order valence-corrected chi connectivity index (χ1v) is 7.48. The van der Waals surface area contributed by atoms with Gasteiger partial charge in [-0.1, -0.05) is 24.3 Å². The number of fused-ring (bicyclic) bond motifs is 1.